The molecule has 1 unspecified atom stereocenters. The van der Waals surface area contributed by atoms with Crippen molar-refractivity contribution in [3.05, 3.63) is 53.6 Å². The van der Waals surface area contributed by atoms with E-state index in [-0.39, 0.29) is 6.04 Å². The lowest BCUT2D eigenvalue weighted by molar-refractivity contribution is 0.416. The lowest BCUT2D eigenvalue weighted by Gasteiger charge is -2.18. The smallest absolute Gasteiger partial charge is 0.143 e. The highest BCUT2D eigenvalue weighted by Crippen LogP contribution is 2.41. The lowest BCUT2D eigenvalue weighted by Crippen LogP contribution is -2.11. The van der Waals surface area contributed by atoms with Crippen molar-refractivity contribution in [2.45, 2.75) is 10.9 Å². The average molecular weight is 282 g/mol. The Morgan fingerprint density at radius 2 is 2.10 bits per heavy atom. The molecule has 0 radical (unpaired) electrons. The van der Waals surface area contributed by atoms with Crippen LogP contribution < -0.4 is 10.1 Å². The topological polar surface area (TPSA) is 45.0 Å². The second-order valence-electron chi connectivity index (χ2n) is 4.54. The predicted molar refractivity (Wildman–Crippen MR) is 81.2 cm³/mol. The number of thioether (sulfide) groups is 1. The number of ether oxygens (including phenoxy) is 1. The number of nitrogens with one attached hydrogen (secondary N) is 1. The summed E-state index contributed by atoms with van der Waals surface area (Å²) in [5.41, 5.74) is 2.67. The molecule has 0 amide bonds. The fraction of sp³-hybridized carbons (Fsp3) is 0.188. The molecule has 1 atom stereocenters. The Bertz CT molecular complexity index is 678. The van der Waals surface area contributed by atoms with Gasteiger partial charge in [0.25, 0.3) is 0 Å². The molecule has 0 fully saturated rings. The standard InChI is InChI=1S/C16H14N2OS/c1-19-14-7-4-5-11(9-17)16(14)18-13-10-20-15-8-3-2-6-12(13)15/h2-8,13,18H,10H2,1H3. The first-order chi connectivity index (χ1) is 9.83. The zero-order valence-corrected chi connectivity index (χ0v) is 11.9. The van der Waals surface area contributed by atoms with E-state index in [0.29, 0.717) is 11.3 Å². The van der Waals surface area contributed by atoms with Crippen molar-refractivity contribution in [2.24, 2.45) is 0 Å². The summed E-state index contributed by atoms with van der Waals surface area (Å²) in [5.74, 6) is 1.67. The van der Waals surface area contributed by atoms with Crippen LogP contribution in [0.1, 0.15) is 17.2 Å². The summed E-state index contributed by atoms with van der Waals surface area (Å²) in [6, 6.07) is 16.3. The molecule has 0 aliphatic carbocycles. The number of para-hydroxylation sites is 1. The van der Waals surface area contributed by atoms with Gasteiger partial charge in [0, 0.05) is 10.6 Å². The minimum atomic E-state index is 0.208. The molecule has 3 nitrogen and oxygen atoms in total. The van der Waals surface area contributed by atoms with Gasteiger partial charge >= 0.3 is 0 Å². The molecule has 0 saturated heterocycles. The minimum Gasteiger partial charge on any atom is -0.495 e. The Morgan fingerprint density at radius 1 is 1.25 bits per heavy atom. The summed E-state index contributed by atoms with van der Waals surface area (Å²) in [6.45, 7) is 0. The second-order valence-corrected chi connectivity index (χ2v) is 5.60. The third-order valence-corrected chi connectivity index (χ3v) is 4.57. The van der Waals surface area contributed by atoms with Gasteiger partial charge in [-0.2, -0.15) is 5.26 Å². The first kappa shape index (κ1) is 12.9. The van der Waals surface area contributed by atoms with Gasteiger partial charge in [0.15, 0.2) is 0 Å². The number of methoxy groups -OCH3 is 1. The largest absolute Gasteiger partial charge is 0.495 e. The van der Waals surface area contributed by atoms with E-state index in [9.17, 15) is 5.26 Å². The molecule has 1 heterocycles. The third-order valence-electron chi connectivity index (χ3n) is 3.39. The van der Waals surface area contributed by atoms with E-state index < -0.39 is 0 Å². The lowest BCUT2D eigenvalue weighted by atomic mass is 10.1. The SMILES string of the molecule is COc1cccc(C#N)c1NC1CSc2ccccc21. The van der Waals surface area contributed by atoms with Crippen LogP contribution in [-0.2, 0) is 0 Å². The fourth-order valence-electron chi connectivity index (χ4n) is 2.40. The Kier molecular flexibility index (Phi) is 3.53. The van der Waals surface area contributed by atoms with Crippen LogP contribution in [0.4, 0.5) is 5.69 Å². The summed E-state index contributed by atoms with van der Waals surface area (Å²) in [4.78, 5) is 1.30. The van der Waals surface area contributed by atoms with Crippen molar-refractivity contribution in [3.63, 3.8) is 0 Å². The zero-order valence-electron chi connectivity index (χ0n) is 11.1. The van der Waals surface area contributed by atoms with Crippen LogP contribution in [0.2, 0.25) is 0 Å². The van der Waals surface area contributed by atoms with Crippen LogP contribution >= 0.6 is 11.8 Å². The number of anilines is 1. The minimum absolute atomic E-state index is 0.208. The van der Waals surface area contributed by atoms with E-state index in [1.807, 2.05) is 30.0 Å². The monoisotopic (exact) mass is 282 g/mol. The summed E-state index contributed by atoms with van der Waals surface area (Å²) in [7, 11) is 1.62. The Labute approximate surface area is 122 Å². The molecule has 2 aromatic rings. The molecule has 100 valence electrons. The van der Waals surface area contributed by atoms with Crippen molar-refractivity contribution in [1.82, 2.24) is 0 Å². The Hall–Kier alpha value is -2.12. The maximum Gasteiger partial charge on any atom is 0.143 e. The third kappa shape index (κ3) is 2.21. The van der Waals surface area contributed by atoms with Crippen molar-refractivity contribution >= 4 is 17.4 Å². The number of hydrogen-bond acceptors (Lipinski definition) is 4. The van der Waals surface area contributed by atoms with Crippen LogP contribution in [0.25, 0.3) is 0 Å². The van der Waals surface area contributed by atoms with Gasteiger partial charge in [0.1, 0.15) is 11.8 Å². The van der Waals surface area contributed by atoms with Gasteiger partial charge in [0.2, 0.25) is 0 Å². The zero-order chi connectivity index (χ0) is 13.9. The number of nitrogens with zero attached hydrogens (tertiary/aromatic N) is 1. The Balaban J connectivity index is 1.95. The van der Waals surface area contributed by atoms with Gasteiger partial charge in [-0.05, 0) is 23.8 Å². The van der Waals surface area contributed by atoms with Crippen LogP contribution in [0.15, 0.2) is 47.4 Å². The van der Waals surface area contributed by atoms with E-state index in [1.54, 1.807) is 13.2 Å². The van der Waals surface area contributed by atoms with Crippen LogP contribution in [0.3, 0.4) is 0 Å². The molecule has 3 rings (SSSR count). The maximum absolute atomic E-state index is 9.26. The summed E-state index contributed by atoms with van der Waals surface area (Å²) in [5, 5.41) is 12.7. The number of fused-ring (bicyclic) bond motifs is 1. The highest BCUT2D eigenvalue weighted by molar-refractivity contribution is 7.99. The second kappa shape index (κ2) is 5.48. The van der Waals surface area contributed by atoms with Crippen LogP contribution in [0.5, 0.6) is 5.75 Å². The van der Waals surface area contributed by atoms with Gasteiger partial charge in [-0.15, -0.1) is 11.8 Å². The van der Waals surface area contributed by atoms with Crippen LogP contribution in [0, 0.1) is 11.3 Å². The summed E-state index contributed by atoms with van der Waals surface area (Å²) in [6.07, 6.45) is 0. The molecule has 1 aliphatic rings. The predicted octanol–water partition coefficient (Wildman–Crippen LogP) is 3.83. The Morgan fingerprint density at radius 3 is 2.90 bits per heavy atom. The molecule has 1 aliphatic heterocycles. The van der Waals surface area contributed by atoms with Crippen LogP contribution in [-0.4, -0.2) is 12.9 Å². The van der Waals surface area contributed by atoms with E-state index in [0.717, 1.165) is 11.4 Å². The molecule has 0 aromatic heterocycles. The first-order valence-electron chi connectivity index (χ1n) is 6.39. The van der Waals surface area contributed by atoms with E-state index in [2.05, 4.69) is 29.6 Å². The number of nitriles is 1. The van der Waals surface area contributed by atoms with Gasteiger partial charge < -0.3 is 10.1 Å². The molecular formula is C16H14N2OS. The summed E-state index contributed by atoms with van der Waals surface area (Å²) < 4.78 is 5.37. The van der Waals surface area contributed by atoms with E-state index >= 15 is 0 Å². The number of hydrogen-bond donors (Lipinski definition) is 1. The number of rotatable bonds is 3. The molecule has 4 heteroatoms. The van der Waals surface area contributed by atoms with Crippen molar-refractivity contribution in [3.8, 4) is 11.8 Å². The first-order valence-corrected chi connectivity index (χ1v) is 7.37. The summed E-state index contributed by atoms with van der Waals surface area (Å²) >= 11 is 1.84. The van der Waals surface area contributed by atoms with Gasteiger partial charge in [0.05, 0.1) is 24.4 Å². The van der Waals surface area contributed by atoms with E-state index in [1.165, 1.54) is 10.5 Å². The average Bonchev–Trinajstić information content (AvgIpc) is 2.91. The number of benzene rings is 2. The highest BCUT2D eigenvalue weighted by Gasteiger charge is 2.24. The normalized spacial score (nSPS) is 16.3. The highest BCUT2D eigenvalue weighted by atomic mass is 32.2. The van der Waals surface area contributed by atoms with Crippen molar-refractivity contribution in [1.29, 1.82) is 5.26 Å². The molecule has 20 heavy (non-hydrogen) atoms. The van der Waals surface area contributed by atoms with Crippen molar-refractivity contribution in [2.75, 3.05) is 18.2 Å². The molecule has 0 bridgehead atoms. The van der Waals surface area contributed by atoms with Crippen molar-refractivity contribution < 1.29 is 4.74 Å². The molecule has 0 saturated carbocycles. The molecule has 1 N–H and O–H groups in total. The van der Waals surface area contributed by atoms with Gasteiger partial charge in [-0.3, -0.25) is 0 Å². The van der Waals surface area contributed by atoms with Gasteiger partial charge in [-0.25, -0.2) is 0 Å². The molecule has 2 aromatic carbocycles. The van der Waals surface area contributed by atoms with E-state index in [4.69, 9.17) is 4.74 Å². The maximum atomic E-state index is 9.26. The molecule has 0 spiro atoms. The molecular weight excluding hydrogens is 268 g/mol. The quantitative estimate of drug-likeness (QED) is 0.929. The van der Waals surface area contributed by atoms with Gasteiger partial charge in [-0.1, -0.05) is 24.3 Å². The fourth-order valence-corrected chi connectivity index (χ4v) is 3.56.